The minimum Gasteiger partial charge on any atom is -0.466 e. The van der Waals surface area contributed by atoms with Gasteiger partial charge in [0.15, 0.2) is 0 Å². The number of alkyl halides is 6. The monoisotopic (exact) mass is 596 g/mol. The summed E-state index contributed by atoms with van der Waals surface area (Å²) in [6, 6.07) is 6.31. The van der Waals surface area contributed by atoms with Crippen molar-refractivity contribution in [2.24, 2.45) is 0 Å². The topological polar surface area (TPSA) is 76.7 Å². The maximum absolute atomic E-state index is 15.6. The smallest absolute Gasteiger partial charge is 0.419 e. The molecule has 0 saturated carbocycles. The van der Waals surface area contributed by atoms with Crippen LogP contribution in [0.15, 0.2) is 67.4 Å². The lowest BCUT2D eigenvalue weighted by molar-refractivity contribution is -0.144. The number of benzene rings is 3. The third-order valence-corrected chi connectivity index (χ3v) is 6.36. The van der Waals surface area contributed by atoms with Crippen LogP contribution < -0.4 is 15.4 Å². The van der Waals surface area contributed by atoms with Crippen molar-refractivity contribution in [1.82, 2.24) is 10.6 Å². The summed E-state index contributed by atoms with van der Waals surface area (Å²) in [7, 11) is 0. The van der Waals surface area contributed by atoms with E-state index >= 15 is 4.39 Å². The summed E-state index contributed by atoms with van der Waals surface area (Å²) in [5.74, 6) is -4.32. The minimum atomic E-state index is -5.37. The lowest BCUT2D eigenvalue weighted by Gasteiger charge is -2.25. The summed E-state index contributed by atoms with van der Waals surface area (Å²) >= 11 is 0. The van der Waals surface area contributed by atoms with Gasteiger partial charge in [0, 0.05) is 11.1 Å². The van der Waals surface area contributed by atoms with Crippen molar-refractivity contribution in [3.63, 3.8) is 0 Å². The Balaban J connectivity index is 2.11. The predicted molar refractivity (Wildman–Crippen MR) is 137 cm³/mol. The van der Waals surface area contributed by atoms with Gasteiger partial charge in [-0.15, -0.1) is 0 Å². The van der Waals surface area contributed by atoms with Gasteiger partial charge >= 0.3 is 18.3 Å². The third kappa shape index (κ3) is 6.34. The largest absolute Gasteiger partial charge is 0.466 e. The van der Waals surface area contributed by atoms with E-state index in [1.165, 1.54) is 31.2 Å². The first-order chi connectivity index (χ1) is 19.7. The van der Waals surface area contributed by atoms with Crippen LogP contribution in [0.2, 0.25) is 0 Å². The molecule has 13 heteroatoms. The first kappa shape index (κ1) is 30.4. The second-order valence-electron chi connectivity index (χ2n) is 9.15. The lowest BCUT2D eigenvalue weighted by atomic mass is 9.91. The van der Waals surface area contributed by atoms with Gasteiger partial charge in [0.25, 0.3) is 0 Å². The van der Waals surface area contributed by atoms with Gasteiger partial charge < -0.3 is 20.1 Å². The lowest BCUT2D eigenvalue weighted by Crippen LogP contribution is -2.39. The highest BCUT2D eigenvalue weighted by molar-refractivity contribution is 5.85. The molecule has 3 aromatic rings. The van der Waals surface area contributed by atoms with E-state index in [2.05, 4.69) is 17.2 Å². The van der Waals surface area contributed by atoms with Crippen LogP contribution in [0.4, 0.5) is 30.7 Å². The predicted octanol–water partition coefficient (Wildman–Crippen LogP) is 7.22. The summed E-state index contributed by atoms with van der Waals surface area (Å²) in [6.45, 7) is 4.83. The number of ether oxygens (including phenoxy) is 2. The van der Waals surface area contributed by atoms with Crippen molar-refractivity contribution in [2.75, 3.05) is 6.61 Å². The molecule has 0 spiro atoms. The van der Waals surface area contributed by atoms with E-state index in [0.29, 0.717) is 6.07 Å². The number of fused-ring (bicyclic) bond motifs is 6. The Hall–Kier alpha value is -4.55. The van der Waals surface area contributed by atoms with Crippen molar-refractivity contribution in [2.45, 2.75) is 37.8 Å². The maximum atomic E-state index is 15.6. The average Bonchev–Trinajstić information content (AvgIpc) is 2.90. The number of rotatable bonds is 5. The highest BCUT2D eigenvalue weighted by Gasteiger charge is 2.40. The first-order valence-corrected chi connectivity index (χ1v) is 12.5. The summed E-state index contributed by atoms with van der Waals surface area (Å²) in [4.78, 5) is 25.9. The normalized spacial score (nSPS) is 16.9. The van der Waals surface area contributed by atoms with Crippen molar-refractivity contribution < 1.29 is 49.8 Å². The number of nitrogens with one attached hydrogen (secondary N) is 2. The summed E-state index contributed by atoms with van der Waals surface area (Å²) < 4.78 is 111. The van der Waals surface area contributed by atoms with Crippen LogP contribution in [0.5, 0.6) is 11.5 Å². The van der Waals surface area contributed by atoms with Crippen LogP contribution in [-0.4, -0.2) is 18.5 Å². The molecule has 3 aromatic carbocycles. The van der Waals surface area contributed by atoms with Gasteiger partial charge in [0.1, 0.15) is 23.4 Å². The van der Waals surface area contributed by atoms with E-state index < -0.39 is 82.1 Å². The molecule has 4 rings (SSSR count). The fourth-order valence-electron chi connectivity index (χ4n) is 4.61. The number of esters is 1. The number of carbonyl (C=O) groups excluding carboxylic acids is 2. The Kier molecular flexibility index (Phi) is 8.50. The van der Waals surface area contributed by atoms with Crippen LogP contribution in [0.25, 0.3) is 11.1 Å². The average molecular weight is 596 g/mol. The van der Waals surface area contributed by atoms with Gasteiger partial charge in [0.05, 0.1) is 30.2 Å². The van der Waals surface area contributed by atoms with Crippen molar-refractivity contribution in [1.29, 1.82) is 0 Å². The molecule has 42 heavy (non-hydrogen) atoms. The van der Waals surface area contributed by atoms with Crippen molar-refractivity contribution in [3.05, 3.63) is 95.4 Å². The molecule has 0 aliphatic carbocycles. The summed E-state index contributed by atoms with van der Waals surface area (Å²) in [5.41, 5.74) is -5.43. The molecule has 0 aromatic heterocycles. The fraction of sp³-hybridized carbons (Fsp3) is 0.241. The number of halogens is 7. The quantitative estimate of drug-likeness (QED) is 0.240. The fourth-order valence-corrected chi connectivity index (χ4v) is 4.61. The molecule has 2 N–H and O–H groups in total. The van der Waals surface area contributed by atoms with Gasteiger partial charge in [-0.25, -0.2) is 4.39 Å². The molecule has 222 valence electrons. The maximum Gasteiger partial charge on any atom is 0.419 e. The van der Waals surface area contributed by atoms with Crippen LogP contribution in [0, 0.1) is 5.82 Å². The number of hydrogen-bond acceptors (Lipinski definition) is 5. The Labute approximate surface area is 235 Å². The van der Waals surface area contributed by atoms with Crippen molar-refractivity contribution in [3.8, 4) is 22.6 Å². The standard InChI is InChI=1S/C29H23F7N2O4/c1-3-37-26-15-7-5-8-17(11-15)42-22-10-6-9-19(28(31,32)33)24(22)16-12-18(25(30)20(13-16)29(34,35)36)21(38-27(26)40)14-23(39)41-4-2/h3,5-13,21,26,37H,1,4,14H2,2H3,(H,38,40)/t21-,26-/m0/s1. The van der Waals surface area contributed by atoms with E-state index in [1.807, 2.05) is 0 Å². The van der Waals surface area contributed by atoms with Gasteiger partial charge in [0.2, 0.25) is 5.91 Å². The Morgan fingerprint density at radius 2 is 1.74 bits per heavy atom. The summed E-state index contributed by atoms with van der Waals surface area (Å²) in [6.07, 6.45) is -10.1. The summed E-state index contributed by atoms with van der Waals surface area (Å²) in [5, 5.41) is 5.04. The number of hydrogen-bond donors (Lipinski definition) is 2. The molecular formula is C29H23F7N2O4. The second-order valence-corrected chi connectivity index (χ2v) is 9.15. The highest BCUT2D eigenvalue weighted by atomic mass is 19.4. The second kappa shape index (κ2) is 11.7. The zero-order valence-corrected chi connectivity index (χ0v) is 21.8. The molecule has 1 aliphatic heterocycles. The molecule has 0 radical (unpaired) electrons. The van der Waals surface area contributed by atoms with Crippen LogP contribution in [0.3, 0.4) is 0 Å². The van der Waals surface area contributed by atoms with Gasteiger partial charge in [-0.1, -0.05) is 24.8 Å². The molecule has 2 atom stereocenters. The molecule has 1 aliphatic rings. The van der Waals surface area contributed by atoms with E-state index in [1.54, 1.807) is 0 Å². The van der Waals surface area contributed by atoms with Crippen LogP contribution >= 0.6 is 0 Å². The number of amides is 1. The zero-order valence-electron chi connectivity index (χ0n) is 21.8. The zero-order chi connectivity index (χ0) is 30.8. The van der Waals surface area contributed by atoms with E-state index in [-0.39, 0.29) is 24.0 Å². The van der Waals surface area contributed by atoms with E-state index in [9.17, 15) is 35.9 Å². The molecule has 1 amide bonds. The van der Waals surface area contributed by atoms with Gasteiger partial charge in [-0.3, -0.25) is 9.59 Å². The molecule has 0 fully saturated rings. The first-order valence-electron chi connectivity index (χ1n) is 12.5. The molecule has 1 heterocycles. The molecule has 4 bridgehead atoms. The van der Waals surface area contributed by atoms with Crippen molar-refractivity contribution >= 4 is 11.9 Å². The Bertz CT molecular complexity index is 1520. The highest BCUT2D eigenvalue weighted by Crippen LogP contribution is 2.46. The minimum absolute atomic E-state index is 0.0440. The Morgan fingerprint density at radius 1 is 1.05 bits per heavy atom. The third-order valence-electron chi connectivity index (χ3n) is 6.36. The van der Waals surface area contributed by atoms with Crippen LogP contribution in [-0.2, 0) is 26.7 Å². The van der Waals surface area contributed by atoms with Gasteiger partial charge in [-0.05, 0) is 60.6 Å². The Morgan fingerprint density at radius 3 is 2.38 bits per heavy atom. The molecule has 0 saturated heterocycles. The number of carbonyl (C=O) groups is 2. The SMILES string of the molecule is C=CN[C@@H]1C(=O)N[C@@H](CC(=O)OCC)c2cc(cc(C(F)(F)F)c2F)-c2c(cccc2C(F)(F)F)Oc2cccc1c2. The van der Waals surface area contributed by atoms with E-state index in [0.717, 1.165) is 24.4 Å². The molecular weight excluding hydrogens is 573 g/mol. The van der Waals surface area contributed by atoms with Gasteiger partial charge in [-0.2, -0.15) is 26.3 Å². The molecule has 6 nitrogen and oxygen atoms in total. The molecule has 0 unspecified atom stereocenters. The van der Waals surface area contributed by atoms with Crippen LogP contribution in [0.1, 0.15) is 47.7 Å². The van der Waals surface area contributed by atoms with E-state index in [4.69, 9.17) is 9.47 Å².